The number of nitrogens with zero attached hydrogens (tertiary/aromatic N) is 5. The molecule has 192 valence electrons. The van der Waals surface area contributed by atoms with Crippen LogP contribution in [0.25, 0.3) is 16.9 Å². The minimum absolute atomic E-state index is 0.000899. The first-order valence-electron chi connectivity index (χ1n) is 11.4. The summed E-state index contributed by atoms with van der Waals surface area (Å²) in [5, 5.41) is 10.9. The van der Waals surface area contributed by atoms with Gasteiger partial charge in [-0.2, -0.15) is 13.2 Å². The summed E-state index contributed by atoms with van der Waals surface area (Å²) in [5.74, 6) is -0.858. The van der Waals surface area contributed by atoms with Crippen LogP contribution in [0.3, 0.4) is 0 Å². The zero-order chi connectivity index (χ0) is 26.6. The second-order valence-electron chi connectivity index (χ2n) is 8.61. The van der Waals surface area contributed by atoms with Crippen molar-refractivity contribution in [3.63, 3.8) is 0 Å². The van der Waals surface area contributed by atoms with Gasteiger partial charge in [-0.25, -0.2) is 4.68 Å². The smallest absolute Gasteiger partial charge is 0.420 e. The molecule has 4 aromatic rings. The van der Waals surface area contributed by atoms with Gasteiger partial charge in [-0.05, 0) is 69.0 Å². The molecular formula is C26H25F3N6O2. The Labute approximate surface area is 211 Å². The van der Waals surface area contributed by atoms with Gasteiger partial charge < -0.3 is 15.0 Å². The molecule has 1 amide bonds. The number of ether oxygens (including phenoxy) is 1. The fourth-order valence-corrected chi connectivity index (χ4v) is 3.52. The molecule has 2 aromatic heterocycles. The molecule has 1 N–H and O–H groups in total. The number of anilines is 1. The number of halogens is 3. The number of amides is 1. The lowest BCUT2D eigenvalue weighted by Gasteiger charge is -2.17. The standard InChI is InChI=1S/C26H25F3N6O2/c1-17-6-7-18(13-23(17)35-16-22(32-33-35)19-5-4-10-30-15-19)25(36)31-20-8-9-24(37-12-11-34(2)3)21(14-20)26(27,28)29/h4-10,13-16H,11-12H2,1-3H3,(H,31,36). The molecule has 2 aromatic carbocycles. The summed E-state index contributed by atoms with van der Waals surface area (Å²) in [6.45, 7) is 2.41. The summed E-state index contributed by atoms with van der Waals surface area (Å²) < 4.78 is 47.9. The van der Waals surface area contributed by atoms with Crippen LogP contribution >= 0.6 is 0 Å². The number of carbonyl (C=O) groups is 1. The number of likely N-dealkylation sites (N-methyl/N-ethyl adjacent to an activating group) is 1. The van der Waals surface area contributed by atoms with Crippen LogP contribution in [-0.2, 0) is 6.18 Å². The summed E-state index contributed by atoms with van der Waals surface area (Å²) in [6.07, 6.45) is 0.387. The highest BCUT2D eigenvalue weighted by Gasteiger charge is 2.35. The first-order chi connectivity index (χ1) is 17.6. The number of hydrogen-bond acceptors (Lipinski definition) is 6. The van der Waals surface area contributed by atoms with Crippen LogP contribution in [0.1, 0.15) is 21.5 Å². The molecule has 8 nitrogen and oxygen atoms in total. The van der Waals surface area contributed by atoms with Crippen molar-refractivity contribution in [1.82, 2.24) is 24.9 Å². The minimum Gasteiger partial charge on any atom is -0.492 e. The quantitative estimate of drug-likeness (QED) is 0.365. The van der Waals surface area contributed by atoms with Gasteiger partial charge in [-0.3, -0.25) is 9.78 Å². The maximum atomic E-state index is 13.7. The number of hydrogen-bond donors (Lipinski definition) is 1. The number of aromatic nitrogens is 4. The van der Waals surface area contributed by atoms with Gasteiger partial charge in [0.2, 0.25) is 0 Å². The first kappa shape index (κ1) is 25.8. The van der Waals surface area contributed by atoms with E-state index in [2.05, 4.69) is 20.6 Å². The molecule has 11 heteroatoms. The zero-order valence-electron chi connectivity index (χ0n) is 20.5. The number of benzene rings is 2. The number of carbonyl (C=O) groups excluding carboxylic acids is 1. The second-order valence-corrected chi connectivity index (χ2v) is 8.61. The van der Waals surface area contributed by atoms with E-state index in [0.29, 0.717) is 17.9 Å². The molecule has 0 unspecified atom stereocenters. The van der Waals surface area contributed by atoms with Crippen LogP contribution in [0.5, 0.6) is 5.75 Å². The van der Waals surface area contributed by atoms with E-state index >= 15 is 0 Å². The van der Waals surface area contributed by atoms with E-state index in [-0.39, 0.29) is 23.6 Å². The van der Waals surface area contributed by atoms with E-state index in [1.54, 1.807) is 61.9 Å². The lowest BCUT2D eigenvalue weighted by molar-refractivity contribution is -0.138. The van der Waals surface area contributed by atoms with E-state index in [1.165, 1.54) is 16.8 Å². The average molecular weight is 511 g/mol. The SMILES string of the molecule is Cc1ccc(C(=O)Nc2ccc(OCCN(C)C)c(C(F)(F)F)c2)cc1-n1cc(-c2cccnc2)nn1. The van der Waals surface area contributed by atoms with Gasteiger partial charge in [0, 0.05) is 35.8 Å². The van der Waals surface area contributed by atoms with Crippen LogP contribution in [-0.4, -0.2) is 58.0 Å². The van der Waals surface area contributed by atoms with Crippen molar-refractivity contribution < 1.29 is 22.7 Å². The van der Waals surface area contributed by atoms with E-state index in [4.69, 9.17) is 4.74 Å². The molecule has 0 atom stereocenters. The van der Waals surface area contributed by atoms with Crippen LogP contribution in [0.15, 0.2) is 67.1 Å². The number of alkyl halides is 3. The summed E-state index contributed by atoms with van der Waals surface area (Å²) in [6, 6.07) is 12.0. The van der Waals surface area contributed by atoms with Gasteiger partial charge in [-0.1, -0.05) is 11.3 Å². The Morgan fingerprint density at radius 2 is 1.95 bits per heavy atom. The molecule has 0 spiro atoms. The van der Waals surface area contributed by atoms with Crippen LogP contribution < -0.4 is 10.1 Å². The number of nitrogens with one attached hydrogen (secondary N) is 1. The van der Waals surface area contributed by atoms with Gasteiger partial charge in [0.1, 0.15) is 18.1 Å². The van der Waals surface area contributed by atoms with E-state index in [1.807, 2.05) is 13.0 Å². The summed E-state index contributed by atoms with van der Waals surface area (Å²) in [5.41, 5.74) is 2.12. The molecule has 2 heterocycles. The Hall–Kier alpha value is -4.25. The monoisotopic (exact) mass is 510 g/mol. The predicted molar refractivity (Wildman–Crippen MR) is 133 cm³/mol. The van der Waals surface area contributed by atoms with Gasteiger partial charge in [0.15, 0.2) is 0 Å². The summed E-state index contributed by atoms with van der Waals surface area (Å²) in [4.78, 5) is 18.8. The number of pyridine rings is 1. The third-order valence-electron chi connectivity index (χ3n) is 5.51. The number of rotatable bonds is 8. The largest absolute Gasteiger partial charge is 0.492 e. The average Bonchev–Trinajstić information content (AvgIpc) is 3.35. The zero-order valence-corrected chi connectivity index (χ0v) is 20.5. The molecule has 0 aliphatic heterocycles. The van der Waals surface area contributed by atoms with Crippen molar-refractivity contribution >= 4 is 11.6 Å². The molecule has 0 radical (unpaired) electrons. The van der Waals surface area contributed by atoms with Gasteiger partial charge in [-0.15, -0.1) is 5.10 Å². The van der Waals surface area contributed by atoms with Crippen molar-refractivity contribution in [1.29, 1.82) is 0 Å². The Morgan fingerprint density at radius 3 is 2.65 bits per heavy atom. The molecule has 0 fully saturated rings. The van der Waals surface area contributed by atoms with Crippen molar-refractivity contribution in [3.8, 4) is 22.7 Å². The maximum absolute atomic E-state index is 13.7. The Balaban J connectivity index is 1.55. The molecule has 0 saturated carbocycles. The van der Waals surface area contributed by atoms with Gasteiger partial charge in [0.25, 0.3) is 5.91 Å². The molecule has 0 aliphatic carbocycles. The fourth-order valence-electron chi connectivity index (χ4n) is 3.52. The molecule has 4 rings (SSSR count). The molecule has 0 aliphatic rings. The third-order valence-corrected chi connectivity index (χ3v) is 5.51. The summed E-state index contributed by atoms with van der Waals surface area (Å²) >= 11 is 0. The van der Waals surface area contributed by atoms with Crippen molar-refractivity contribution in [2.75, 3.05) is 32.6 Å². The van der Waals surface area contributed by atoms with E-state index in [9.17, 15) is 18.0 Å². The van der Waals surface area contributed by atoms with Gasteiger partial charge >= 0.3 is 6.18 Å². The van der Waals surface area contributed by atoms with Crippen LogP contribution in [0, 0.1) is 6.92 Å². The van der Waals surface area contributed by atoms with Crippen LogP contribution in [0.4, 0.5) is 18.9 Å². The highest BCUT2D eigenvalue weighted by Crippen LogP contribution is 2.38. The Morgan fingerprint density at radius 1 is 1.14 bits per heavy atom. The van der Waals surface area contributed by atoms with Crippen molar-refractivity contribution in [2.24, 2.45) is 0 Å². The maximum Gasteiger partial charge on any atom is 0.420 e. The highest BCUT2D eigenvalue weighted by atomic mass is 19.4. The third kappa shape index (κ3) is 6.31. The van der Waals surface area contributed by atoms with Crippen molar-refractivity contribution in [3.05, 3.63) is 83.8 Å². The molecule has 0 bridgehead atoms. The molecule has 0 saturated heterocycles. The predicted octanol–water partition coefficient (Wildman–Crippen LogP) is 4.85. The lowest BCUT2D eigenvalue weighted by Crippen LogP contribution is -2.20. The highest BCUT2D eigenvalue weighted by molar-refractivity contribution is 6.04. The topological polar surface area (TPSA) is 85.2 Å². The van der Waals surface area contributed by atoms with E-state index < -0.39 is 17.6 Å². The molecule has 37 heavy (non-hydrogen) atoms. The normalized spacial score (nSPS) is 11.5. The first-order valence-corrected chi connectivity index (χ1v) is 11.4. The Bertz CT molecular complexity index is 1390. The minimum atomic E-state index is -4.65. The lowest BCUT2D eigenvalue weighted by atomic mass is 10.1. The molecular weight excluding hydrogens is 485 g/mol. The van der Waals surface area contributed by atoms with Crippen LogP contribution in [0.2, 0.25) is 0 Å². The number of aryl methyl sites for hydroxylation is 1. The second kappa shape index (κ2) is 10.8. The van der Waals surface area contributed by atoms with Crippen molar-refractivity contribution in [2.45, 2.75) is 13.1 Å². The van der Waals surface area contributed by atoms with Gasteiger partial charge in [0.05, 0.1) is 17.4 Å². The van der Waals surface area contributed by atoms with E-state index in [0.717, 1.165) is 17.2 Å². The summed E-state index contributed by atoms with van der Waals surface area (Å²) in [7, 11) is 3.59. The fraction of sp³-hybridized carbons (Fsp3) is 0.231. The Kier molecular flexibility index (Phi) is 7.53.